The molecule has 1 aliphatic rings. The van der Waals surface area contributed by atoms with Crippen LogP contribution in [0.1, 0.15) is 51.5 Å². The third-order valence-electron chi connectivity index (χ3n) is 6.59. The molecule has 1 aliphatic carbocycles. The number of nitrogens with one attached hydrogen (secondary N) is 1. The van der Waals surface area contributed by atoms with E-state index in [-0.39, 0.29) is 5.91 Å². The number of hydrogen-bond donors (Lipinski definition) is 2. The van der Waals surface area contributed by atoms with Crippen LogP contribution in [0.15, 0.2) is 79.3 Å². The van der Waals surface area contributed by atoms with Crippen molar-refractivity contribution in [3.05, 3.63) is 107 Å². The highest BCUT2D eigenvalue weighted by Gasteiger charge is 2.23. The lowest BCUT2D eigenvalue weighted by Crippen LogP contribution is -2.23. The van der Waals surface area contributed by atoms with Gasteiger partial charge in [0.2, 0.25) is 0 Å². The second-order valence-corrected chi connectivity index (χ2v) is 9.22. The molecule has 6 rings (SSSR count). The molecular weight excluding hydrogens is 434 g/mol. The maximum Gasteiger partial charge on any atom is 0.251 e. The largest absolute Gasteiger partial charge is 0.383 e. The predicted octanol–water partition coefficient (Wildman–Crippen LogP) is 5.16. The number of rotatable bonds is 6. The van der Waals surface area contributed by atoms with Crippen molar-refractivity contribution < 1.29 is 4.79 Å². The van der Waals surface area contributed by atoms with E-state index in [9.17, 15) is 4.79 Å². The third-order valence-corrected chi connectivity index (χ3v) is 6.59. The molecule has 0 unspecified atom stereocenters. The van der Waals surface area contributed by atoms with Gasteiger partial charge in [0.1, 0.15) is 5.82 Å². The average Bonchev–Trinajstić information content (AvgIpc) is 3.73. The predicted molar refractivity (Wildman–Crippen MR) is 138 cm³/mol. The number of fused-ring (bicyclic) bond motifs is 2. The smallest absolute Gasteiger partial charge is 0.251 e. The van der Waals surface area contributed by atoms with Crippen molar-refractivity contribution in [1.29, 1.82) is 0 Å². The molecular formula is C29H25N5O. The molecule has 0 radical (unpaired) electrons. The molecule has 1 fully saturated rings. The van der Waals surface area contributed by atoms with Crippen molar-refractivity contribution in [3.63, 3.8) is 0 Å². The second kappa shape index (κ2) is 8.80. The fourth-order valence-electron chi connectivity index (χ4n) is 4.52. The summed E-state index contributed by atoms with van der Waals surface area (Å²) < 4.78 is 0. The molecule has 3 heterocycles. The number of nitrogens with two attached hydrogens (primary N) is 1. The van der Waals surface area contributed by atoms with Gasteiger partial charge in [0.15, 0.2) is 0 Å². The van der Waals surface area contributed by atoms with Crippen LogP contribution in [0.4, 0.5) is 5.82 Å². The lowest BCUT2D eigenvalue weighted by molar-refractivity contribution is 0.0950. The number of amides is 1. The Morgan fingerprint density at radius 1 is 0.886 bits per heavy atom. The van der Waals surface area contributed by atoms with Gasteiger partial charge < -0.3 is 11.1 Å². The Hall–Kier alpha value is -4.32. The Morgan fingerprint density at radius 2 is 1.71 bits per heavy atom. The highest BCUT2D eigenvalue weighted by molar-refractivity contribution is 5.94. The summed E-state index contributed by atoms with van der Waals surface area (Å²) in [6.07, 6.45) is 8.58. The summed E-state index contributed by atoms with van der Waals surface area (Å²) in [6, 6.07) is 20.1. The SMILES string of the molecule is Nc1nccc2cc(CNC(=O)c3ccnc(Cc4ccc5ncc(C6CC6)cc5c4)c3)ccc12. The summed E-state index contributed by atoms with van der Waals surface area (Å²) in [5.74, 6) is 1.06. The van der Waals surface area contributed by atoms with Gasteiger partial charge in [-0.05, 0) is 83.3 Å². The van der Waals surface area contributed by atoms with Crippen LogP contribution in [0.5, 0.6) is 0 Å². The van der Waals surface area contributed by atoms with Crippen molar-refractivity contribution in [2.45, 2.75) is 31.7 Å². The fourth-order valence-corrected chi connectivity index (χ4v) is 4.52. The third kappa shape index (κ3) is 4.55. The molecule has 0 aliphatic heterocycles. The molecule has 5 aromatic rings. The maximum atomic E-state index is 12.8. The van der Waals surface area contributed by atoms with Crippen LogP contribution in [-0.2, 0) is 13.0 Å². The highest BCUT2D eigenvalue weighted by atomic mass is 16.1. The van der Waals surface area contributed by atoms with Gasteiger partial charge in [0, 0.05) is 53.6 Å². The van der Waals surface area contributed by atoms with Gasteiger partial charge in [-0.3, -0.25) is 14.8 Å². The first-order valence-electron chi connectivity index (χ1n) is 11.9. The Morgan fingerprint density at radius 3 is 2.60 bits per heavy atom. The zero-order chi connectivity index (χ0) is 23.8. The van der Waals surface area contributed by atoms with Crippen LogP contribution in [0.2, 0.25) is 0 Å². The number of pyridine rings is 3. The maximum absolute atomic E-state index is 12.8. The summed E-state index contributed by atoms with van der Waals surface area (Å²) in [5, 5.41) is 6.09. The Balaban J connectivity index is 1.15. The van der Waals surface area contributed by atoms with Crippen LogP contribution in [0, 0.1) is 0 Å². The first-order valence-corrected chi connectivity index (χ1v) is 11.9. The standard InChI is InChI=1S/C29H25N5O/c30-28-26-5-1-19(12-21(26)7-10-32-28)16-34-29(35)22-8-9-31-25(15-22)13-18-2-6-27-23(11-18)14-24(17-33-27)20-3-4-20/h1-2,5-12,14-15,17,20H,3-4,13,16H2,(H2,30,32)(H,34,35). The van der Waals surface area contributed by atoms with Crippen LogP contribution >= 0.6 is 0 Å². The quantitative estimate of drug-likeness (QED) is 0.366. The molecule has 0 atom stereocenters. The van der Waals surface area contributed by atoms with Crippen LogP contribution < -0.4 is 11.1 Å². The van der Waals surface area contributed by atoms with E-state index in [4.69, 9.17) is 5.73 Å². The molecule has 0 saturated heterocycles. The molecule has 35 heavy (non-hydrogen) atoms. The fraction of sp³-hybridized carbons (Fsp3) is 0.172. The minimum absolute atomic E-state index is 0.125. The number of aromatic nitrogens is 3. The number of nitrogens with zero attached hydrogens (tertiary/aromatic N) is 3. The molecule has 172 valence electrons. The normalized spacial score (nSPS) is 13.3. The Kier molecular flexibility index (Phi) is 5.34. The summed E-state index contributed by atoms with van der Waals surface area (Å²) in [4.78, 5) is 26.1. The minimum atomic E-state index is -0.125. The van der Waals surface area contributed by atoms with Crippen LogP contribution in [-0.4, -0.2) is 20.9 Å². The van der Waals surface area contributed by atoms with Gasteiger partial charge in [-0.25, -0.2) is 4.98 Å². The van der Waals surface area contributed by atoms with E-state index in [0.29, 0.717) is 30.3 Å². The summed E-state index contributed by atoms with van der Waals surface area (Å²) in [7, 11) is 0. The van der Waals surface area contributed by atoms with Crippen molar-refractivity contribution in [3.8, 4) is 0 Å². The lowest BCUT2D eigenvalue weighted by atomic mass is 10.0. The minimum Gasteiger partial charge on any atom is -0.383 e. The molecule has 2 aromatic carbocycles. The second-order valence-electron chi connectivity index (χ2n) is 9.22. The molecule has 3 N–H and O–H groups in total. The van der Waals surface area contributed by atoms with E-state index in [1.807, 2.05) is 36.5 Å². The molecule has 0 bridgehead atoms. The van der Waals surface area contributed by atoms with E-state index in [1.54, 1.807) is 18.5 Å². The van der Waals surface area contributed by atoms with Gasteiger partial charge in [-0.2, -0.15) is 0 Å². The van der Waals surface area contributed by atoms with E-state index < -0.39 is 0 Å². The Bertz CT molecular complexity index is 1570. The number of carbonyl (C=O) groups excluding carboxylic acids is 1. The van der Waals surface area contributed by atoms with E-state index in [0.717, 1.165) is 38.5 Å². The number of benzene rings is 2. The van der Waals surface area contributed by atoms with Crippen LogP contribution in [0.25, 0.3) is 21.7 Å². The average molecular weight is 460 g/mol. The van der Waals surface area contributed by atoms with Gasteiger partial charge >= 0.3 is 0 Å². The van der Waals surface area contributed by atoms with E-state index >= 15 is 0 Å². The van der Waals surface area contributed by atoms with E-state index in [1.165, 1.54) is 18.4 Å². The summed E-state index contributed by atoms with van der Waals surface area (Å²) in [5.41, 5.74) is 11.9. The highest BCUT2D eigenvalue weighted by Crippen LogP contribution is 2.40. The summed E-state index contributed by atoms with van der Waals surface area (Å²) >= 11 is 0. The number of carbonyl (C=O) groups is 1. The molecule has 3 aromatic heterocycles. The van der Waals surface area contributed by atoms with E-state index in [2.05, 4.69) is 44.5 Å². The number of anilines is 1. The van der Waals surface area contributed by atoms with Gasteiger partial charge in [-0.15, -0.1) is 0 Å². The van der Waals surface area contributed by atoms with Crippen molar-refractivity contribution in [2.24, 2.45) is 0 Å². The van der Waals surface area contributed by atoms with Gasteiger partial charge in [0.05, 0.1) is 5.52 Å². The number of hydrogen-bond acceptors (Lipinski definition) is 5. The first-order chi connectivity index (χ1) is 17.1. The molecule has 1 saturated carbocycles. The molecule has 6 nitrogen and oxygen atoms in total. The molecule has 6 heteroatoms. The number of nitrogen functional groups attached to an aromatic ring is 1. The molecule has 0 spiro atoms. The van der Waals surface area contributed by atoms with Crippen molar-refractivity contribution in [2.75, 3.05) is 5.73 Å². The topological polar surface area (TPSA) is 93.8 Å². The zero-order valence-electron chi connectivity index (χ0n) is 19.2. The first kappa shape index (κ1) is 21.2. The van der Waals surface area contributed by atoms with Gasteiger partial charge in [0.25, 0.3) is 5.91 Å². The molecule has 1 amide bonds. The Labute approximate surface area is 203 Å². The van der Waals surface area contributed by atoms with Crippen LogP contribution in [0.3, 0.4) is 0 Å². The van der Waals surface area contributed by atoms with Gasteiger partial charge in [-0.1, -0.05) is 18.2 Å². The summed E-state index contributed by atoms with van der Waals surface area (Å²) in [6.45, 7) is 0.426. The van der Waals surface area contributed by atoms with Crippen molar-refractivity contribution >= 4 is 33.4 Å². The zero-order valence-corrected chi connectivity index (χ0v) is 19.2. The lowest BCUT2D eigenvalue weighted by Gasteiger charge is -2.09. The monoisotopic (exact) mass is 459 g/mol. The van der Waals surface area contributed by atoms with Crippen molar-refractivity contribution in [1.82, 2.24) is 20.3 Å².